The predicted octanol–water partition coefficient (Wildman–Crippen LogP) is 5.53. The van der Waals surface area contributed by atoms with Crippen LogP contribution >= 0.6 is 0 Å². The van der Waals surface area contributed by atoms with Crippen molar-refractivity contribution < 1.29 is 4.58 Å². The van der Waals surface area contributed by atoms with Gasteiger partial charge in [-0.15, -0.1) is 0 Å². The third kappa shape index (κ3) is 3.53. The highest BCUT2D eigenvalue weighted by Gasteiger charge is 2.41. The maximum atomic E-state index is 2.57. The molecule has 0 N–H and O–H groups in total. The van der Waals surface area contributed by atoms with Crippen molar-refractivity contribution in [3.63, 3.8) is 0 Å². The molecule has 0 fully saturated rings. The molecule has 2 aliphatic carbocycles. The summed E-state index contributed by atoms with van der Waals surface area (Å²) in [6.45, 7) is 9.35. The first-order valence-electron chi connectivity index (χ1n) is 12.5. The standard InChI is InChI=1S/C30H38N3/c1-7-33-17-11-12-21-18-25-27(20-28(21)33)30(2,3)26-19-23(31(4)5)15-16-24(26)29(25)32(6)22-13-9-8-10-14-22/h8-10,13,15-16,18-20,22H,7,11-12,14,17H2,1-6H3/q+1. The Balaban J connectivity index is 1.81. The molecule has 5 rings (SSSR count). The molecule has 0 saturated heterocycles. The lowest BCUT2D eigenvalue weighted by atomic mass is 9.67. The van der Waals surface area contributed by atoms with E-state index < -0.39 is 0 Å². The van der Waals surface area contributed by atoms with Crippen LogP contribution in [0, 0.1) is 0 Å². The number of anilines is 2. The van der Waals surface area contributed by atoms with Crippen molar-refractivity contribution in [2.24, 2.45) is 0 Å². The number of hydrogen-bond donors (Lipinski definition) is 0. The van der Waals surface area contributed by atoms with Crippen LogP contribution in [0.25, 0.3) is 0 Å². The van der Waals surface area contributed by atoms with E-state index in [0.717, 1.165) is 13.0 Å². The molecule has 0 aromatic heterocycles. The number of benzene rings is 2. The van der Waals surface area contributed by atoms with Gasteiger partial charge >= 0.3 is 0 Å². The van der Waals surface area contributed by atoms with Crippen molar-refractivity contribution in [2.75, 3.05) is 44.0 Å². The average molecular weight is 441 g/mol. The minimum absolute atomic E-state index is 0.0603. The van der Waals surface area contributed by atoms with E-state index >= 15 is 0 Å². The van der Waals surface area contributed by atoms with Crippen LogP contribution in [0.1, 0.15) is 61.4 Å². The monoisotopic (exact) mass is 440 g/mol. The van der Waals surface area contributed by atoms with Crippen molar-refractivity contribution in [1.82, 2.24) is 0 Å². The lowest BCUT2D eigenvalue weighted by molar-refractivity contribution is -0.524. The Hall–Kier alpha value is -2.81. The van der Waals surface area contributed by atoms with Crippen molar-refractivity contribution in [3.8, 4) is 0 Å². The molecule has 3 aliphatic rings. The molecule has 1 heterocycles. The first-order valence-corrected chi connectivity index (χ1v) is 12.5. The number of fused-ring (bicyclic) bond motifs is 3. The van der Waals surface area contributed by atoms with E-state index in [0.29, 0.717) is 6.04 Å². The molecule has 0 radical (unpaired) electrons. The molecule has 2 aromatic rings. The summed E-state index contributed by atoms with van der Waals surface area (Å²) in [5, 5.41) is 0. The Morgan fingerprint density at radius 1 is 1.06 bits per heavy atom. The maximum Gasteiger partial charge on any atom is 0.215 e. The predicted molar refractivity (Wildman–Crippen MR) is 142 cm³/mol. The molecule has 0 amide bonds. The largest absolute Gasteiger partial charge is 0.378 e. The normalized spacial score (nSPS) is 21.9. The van der Waals surface area contributed by atoms with E-state index in [4.69, 9.17) is 0 Å². The smallest absolute Gasteiger partial charge is 0.215 e. The molecule has 1 aliphatic heterocycles. The number of rotatable bonds is 3. The fourth-order valence-corrected chi connectivity index (χ4v) is 5.97. The van der Waals surface area contributed by atoms with Gasteiger partial charge in [-0.25, -0.2) is 4.58 Å². The zero-order valence-corrected chi connectivity index (χ0v) is 21.2. The summed E-state index contributed by atoms with van der Waals surface area (Å²) in [6, 6.07) is 12.5. The Bertz CT molecular complexity index is 1180. The van der Waals surface area contributed by atoms with Crippen LogP contribution in [0.5, 0.6) is 0 Å². The Morgan fingerprint density at radius 2 is 1.85 bits per heavy atom. The first kappa shape index (κ1) is 22.0. The van der Waals surface area contributed by atoms with Gasteiger partial charge in [0, 0.05) is 50.4 Å². The van der Waals surface area contributed by atoms with E-state index in [9.17, 15) is 0 Å². The van der Waals surface area contributed by atoms with Crippen molar-refractivity contribution in [2.45, 2.75) is 51.5 Å². The number of nitrogens with zero attached hydrogens (tertiary/aromatic N) is 3. The Labute approximate surface area is 199 Å². The van der Waals surface area contributed by atoms with E-state index in [2.05, 4.69) is 111 Å². The van der Waals surface area contributed by atoms with Gasteiger partial charge < -0.3 is 9.80 Å². The Kier molecular flexibility index (Phi) is 5.47. The topological polar surface area (TPSA) is 9.49 Å². The minimum atomic E-state index is -0.0603. The molecule has 3 nitrogen and oxygen atoms in total. The van der Waals surface area contributed by atoms with E-state index in [-0.39, 0.29) is 5.41 Å². The van der Waals surface area contributed by atoms with Crippen molar-refractivity contribution in [1.29, 1.82) is 0 Å². The molecule has 0 spiro atoms. The van der Waals surface area contributed by atoms with Gasteiger partial charge in [0.2, 0.25) is 5.71 Å². The number of hydrogen-bond acceptors (Lipinski definition) is 2. The van der Waals surface area contributed by atoms with Crippen LogP contribution in [0.3, 0.4) is 0 Å². The average Bonchev–Trinajstić information content (AvgIpc) is 2.83. The fourth-order valence-electron chi connectivity index (χ4n) is 5.97. The molecular weight excluding hydrogens is 402 g/mol. The number of likely N-dealkylation sites (N-methyl/N-ethyl adjacent to an activating group) is 1. The maximum absolute atomic E-state index is 2.57. The molecule has 172 valence electrons. The summed E-state index contributed by atoms with van der Waals surface area (Å²) in [4.78, 5) is 4.79. The highest BCUT2D eigenvalue weighted by Crippen LogP contribution is 2.45. The van der Waals surface area contributed by atoms with E-state index in [1.165, 1.54) is 64.3 Å². The fraction of sp³-hybridized carbons (Fsp3) is 0.433. The third-order valence-corrected chi connectivity index (χ3v) is 8.00. The third-order valence-electron chi connectivity index (χ3n) is 8.00. The summed E-state index contributed by atoms with van der Waals surface area (Å²) in [6.07, 6.45) is 12.5. The SMILES string of the molecule is CCN1CCCc2cc3c(cc21)C(C)(C)c1cc(N(C)C)ccc1C3=[N+](C)C1C=CC=CC1. The van der Waals surface area contributed by atoms with Crippen molar-refractivity contribution in [3.05, 3.63) is 82.5 Å². The highest BCUT2D eigenvalue weighted by atomic mass is 15.1. The van der Waals surface area contributed by atoms with Crippen LogP contribution in [0.4, 0.5) is 11.4 Å². The Morgan fingerprint density at radius 3 is 2.55 bits per heavy atom. The summed E-state index contributed by atoms with van der Waals surface area (Å²) in [5.41, 5.74) is 11.2. The quantitative estimate of drug-likeness (QED) is 0.581. The van der Waals surface area contributed by atoms with Crippen LogP contribution in [0.15, 0.2) is 54.6 Å². The van der Waals surface area contributed by atoms with Crippen LogP contribution in [-0.2, 0) is 11.8 Å². The van der Waals surface area contributed by atoms with Gasteiger partial charge in [-0.05, 0) is 72.9 Å². The highest BCUT2D eigenvalue weighted by molar-refractivity contribution is 6.14. The minimum Gasteiger partial charge on any atom is -0.378 e. The molecule has 1 atom stereocenters. The van der Waals surface area contributed by atoms with Gasteiger partial charge in [0.25, 0.3) is 0 Å². The number of aryl methyl sites for hydroxylation is 1. The van der Waals surface area contributed by atoms with E-state index in [1.54, 1.807) is 0 Å². The van der Waals surface area contributed by atoms with Gasteiger partial charge in [0.05, 0.1) is 11.1 Å². The van der Waals surface area contributed by atoms with Gasteiger partial charge in [0.1, 0.15) is 7.05 Å². The molecular formula is C30H38N3+. The number of allylic oxidation sites excluding steroid dienone is 2. The lowest BCUT2D eigenvalue weighted by Gasteiger charge is -2.39. The molecule has 2 aromatic carbocycles. The van der Waals surface area contributed by atoms with Crippen LogP contribution in [-0.4, -0.2) is 50.6 Å². The zero-order valence-electron chi connectivity index (χ0n) is 21.2. The summed E-state index contributed by atoms with van der Waals surface area (Å²) >= 11 is 0. The molecule has 33 heavy (non-hydrogen) atoms. The van der Waals surface area contributed by atoms with Gasteiger partial charge in [0.15, 0.2) is 6.04 Å². The molecule has 0 bridgehead atoms. The lowest BCUT2D eigenvalue weighted by Crippen LogP contribution is -2.38. The van der Waals surface area contributed by atoms with Gasteiger partial charge in [-0.3, -0.25) is 0 Å². The van der Waals surface area contributed by atoms with Gasteiger partial charge in [-0.2, -0.15) is 0 Å². The van der Waals surface area contributed by atoms with Gasteiger partial charge in [-0.1, -0.05) is 32.1 Å². The second kappa shape index (κ2) is 8.20. The second-order valence-corrected chi connectivity index (χ2v) is 10.5. The zero-order chi connectivity index (χ0) is 23.3. The molecule has 0 saturated carbocycles. The summed E-state index contributed by atoms with van der Waals surface area (Å²) in [7, 11) is 6.56. The molecule has 1 unspecified atom stereocenters. The summed E-state index contributed by atoms with van der Waals surface area (Å²) < 4.78 is 2.52. The van der Waals surface area contributed by atoms with E-state index in [1.807, 2.05) is 0 Å². The first-order chi connectivity index (χ1) is 15.8. The van der Waals surface area contributed by atoms with Crippen LogP contribution in [0.2, 0.25) is 0 Å². The van der Waals surface area contributed by atoms with Crippen LogP contribution < -0.4 is 9.80 Å². The molecule has 3 heteroatoms. The van der Waals surface area contributed by atoms with Crippen molar-refractivity contribution >= 4 is 17.1 Å². The second-order valence-electron chi connectivity index (χ2n) is 10.5. The summed E-state index contributed by atoms with van der Waals surface area (Å²) in [5.74, 6) is 0.